The van der Waals surface area contributed by atoms with Crippen molar-refractivity contribution in [2.75, 3.05) is 5.06 Å². The monoisotopic (exact) mass is 311 g/mol. The summed E-state index contributed by atoms with van der Waals surface area (Å²) in [6, 6.07) is 15.8. The summed E-state index contributed by atoms with van der Waals surface area (Å²) in [4.78, 5) is 20.1. The molecule has 2 aromatic rings. The first-order valence-corrected chi connectivity index (χ1v) is 7.96. The van der Waals surface area contributed by atoms with Crippen molar-refractivity contribution in [1.29, 1.82) is 0 Å². The summed E-state index contributed by atoms with van der Waals surface area (Å²) in [6.07, 6.45) is 0. The second-order valence-electron chi connectivity index (χ2n) is 5.39. The zero-order valence-corrected chi connectivity index (χ0v) is 13.4. The predicted octanol–water partition coefficient (Wildman–Crippen LogP) is 4.96. The fraction of sp³-hybridized carbons (Fsp3) is 0.167. The quantitative estimate of drug-likeness (QED) is 0.749. The van der Waals surface area contributed by atoms with Crippen LogP contribution in [-0.4, -0.2) is 5.97 Å². The molecule has 0 aliphatic carbocycles. The fourth-order valence-corrected chi connectivity index (χ4v) is 3.19. The molecule has 0 bridgehead atoms. The molecule has 3 nitrogen and oxygen atoms in total. The predicted molar refractivity (Wildman–Crippen MR) is 89.2 cm³/mol. The Labute approximate surface area is 134 Å². The second-order valence-corrected chi connectivity index (χ2v) is 6.47. The number of nitrogens with zero attached hydrogens (tertiary/aromatic N) is 1. The fourth-order valence-electron chi connectivity index (χ4n) is 2.15. The minimum Gasteiger partial charge on any atom is -0.331 e. The lowest BCUT2D eigenvalue weighted by Gasteiger charge is -2.30. The number of hydrogen-bond donors (Lipinski definition) is 0. The molecule has 0 N–H and O–H groups in total. The molecule has 22 heavy (non-hydrogen) atoms. The van der Waals surface area contributed by atoms with Crippen molar-refractivity contribution in [3.05, 3.63) is 60.7 Å². The number of rotatable bonds is 3. The summed E-state index contributed by atoms with van der Waals surface area (Å²) >= 11 is 1.67. The molecule has 0 amide bonds. The van der Waals surface area contributed by atoms with Gasteiger partial charge in [-0.3, -0.25) is 0 Å². The average Bonchev–Trinajstić information content (AvgIpc) is 2.53. The first-order chi connectivity index (χ1) is 10.6. The molecule has 4 heteroatoms. The van der Waals surface area contributed by atoms with Crippen LogP contribution in [0.25, 0.3) is 0 Å². The molecule has 2 aromatic carbocycles. The average molecular weight is 311 g/mol. The molecule has 0 radical (unpaired) electrons. The first-order valence-electron chi connectivity index (χ1n) is 7.15. The molecule has 112 valence electrons. The number of carbonyl (C=O) groups is 1. The smallest absolute Gasteiger partial charge is 0.331 e. The van der Waals surface area contributed by atoms with Gasteiger partial charge in [-0.1, -0.05) is 56.5 Å². The van der Waals surface area contributed by atoms with E-state index in [2.05, 4.69) is 6.58 Å². The van der Waals surface area contributed by atoms with Gasteiger partial charge in [-0.25, -0.2) is 4.79 Å². The van der Waals surface area contributed by atoms with E-state index in [0.29, 0.717) is 5.57 Å². The maximum Gasteiger partial charge on any atom is 0.359 e. The zero-order valence-electron chi connectivity index (χ0n) is 12.6. The number of benzene rings is 2. The van der Waals surface area contributed by atoms with Gasteiger partial charge in [0.25, 0.3) is 0 Å². The summed E-state index contributed by atoms with van der Waals surface area (Å²) in [5, 5.41) is 1.61. The normalized spacial score (nSPS) is 12.6. The summed E-state index contributed by atoms with van der Waals surface area (Å²) < 4.78 is 0. The Hall–Kier alpha value is -2.20. The highest BCUT2D eigenvalue weighted by molar-refractivity contribution is 7.99. The van der Waals surface area contributed by atoms with Crippen molar-refractivity contribution in [1.82, 2.24) is 0 Å². The van der Waals surface area contributed by atoms with Gasteiger partial charge in [0, 0.05) is 15.4 Å². The van der Waals surface area contributed by atoms with Gasteiger partial charge in [0.1, 0.15) is 0 Å². The lowest BCUT2D eigenvalue weighted by molar-refractivity contribution is -0.139. The van der Waals surface area contributed by atoms with Gasteiger partial charge in [0.15, 0.2) is 0 Å². The minimum absolute atomic E-state index is 0.0529. The van der Waals surface area contributed by atoms with Crippen molar-refractivity contribution in [2.45, 2.75) is 23.6 Å². The Morgan fingerprint density at radius 2 is 1.55 bits per heavy atom. The number of anilines is 2. The summed E-state index contributed by atoms with van der Waals surface area (Å²) in [6.45, 7) is 7.68. The Kier molecular flexibility index (Phi) is 3.94. The molecular weight excluding hydrogens is 294 g/mol. The zero-order chi connectivity index (χ0) is 15.7. The lowest BCUT2D eigenvalue weighted by Crippen LogP contribution is -2.26. The van der Waals surface area contributed by atoms with Crippen LogP contribution in [0.15, 0.2) is 70.5 Å². The van der Waals surface area contributed by atoms with E-state index in [1.807, 2.05) is 62.4 Å². The highest BCUT2D eigenvalue weighted by atomic mass is 32.2. The van der Waals surface area contributed by atoms with E-state index in [1.165, 1.54) is 0 Å². The lowest BCUT2D eigenvalue weighted by atomic mass is 10.1. The molecule has 0 spiro atoms. The summed E-state index contributed by atoms with van der Waals surface area (Å²) in [5.74, 6) is -0.344. The van der Waals surface area contributed by atoms with Crippen molar-refractivity contribution >= 4 is 29.1 Å². The van der Waals surface area contributed by atoms with Crippen molar-refractivity contribution < 1.29 is 9.63 Å². The van der Waals surface area contributed by atoms with Gasteiger partial charge in [0.2, 0.25) is 0 Å². The number of para-hydroxylation sites is 2. The van der Waals surface area contributed by atoms with Crippen LogP contribution in [0.1, 0.15) is 13.8 Å². The maximum absolute atomic E-state index is 12.3. The molecular formula is C18H17NO2S. The standard InChI is InChI=1S/C18H17NO2S/c1-12(2)13(3)18(20)21-19-14-8-4-6-10-16(14)22-17-11-7-5-9-15(17)19/h4-12H,3H2,1-2H3. The summed E-state index contributed by atoms with van der Waals surface area (Å²) in [5.41, 5.74) is 2.21. The molecule has 1 aliphatic heterocycles. The summed E-state index contributed by atoms with van der Waals surface area (Å²) in [7, 11) is 0. The van der Waals surface area contributed by atoms with Gasteiger partial charge >= 0.3 is 5.97 Å². The van der Waals surface area contributed by atoms with Crippen molar-refractivity contribution in [3.8, 4) is 0 Å². The highest BCUT2D eigenvalue weighted by Crippen LogP contribution is 2.48. The number of fused-ring (bicyclic) bond motifs is 2. The Balaban J connectivity index is 2.00. The second kappa shape index (κ2) is 5.89. The van der Waals surface area contributed by atoms with Crippen molar-refractivity contribution in [2.24, 2.45) is 5.92 Å². The largest absolute Gasteiger partial charge is 0.359 e. The van der Waals surface area contributed by atoms with E-state index < -0.39 is 5.97 Å². The molecule has 0 atom stereocenters. The molecule has 1 aliphatic rings. The van der Waals surface area contributed by atoms with Crippen LogP contribution in [-0.2, 0) is 9.63 Å². The van der Waals surface area contributed by atoms with Crippen LogP contribution in [0.2, 0.25) is 0 Å². The van der Waals surface area contributed by atoms with Gasteiger partial charge < -0.3 is 4.84 Å². The molecule has 1 heterocycles. The SMILES string of the molecule is C=C(C(=O)ON1c2ccccc2Sc2ccccc21)C(C)C. The van der Waals surface area contributed by atoms with E-state index in [0.717, 1.165) is 21.2 Å². The third-order valence-electron chi connectivity index (χ3n) is 3.52. The number of carbonyl (C=O) groups excluding carboxylic acids is 1. The van der Waals surface area contributed by atoms with Gasteiger partial charge in [-0.15, -0.1) is 0 Å². The van der Waals surface area contributed by atoms with Crippen LogP contribution < -0.4 is 5.06 Å². The maximum atomic E-state index is 12.3. The van der Waals surface area contributed by atoms with E-state index >= 15 is 0 Å². The molecule has 0 saturated heterocycles. The van der Waals surface area contributed by atoms with Crippen LogP contribution in [0.3, 0.4) is 0 Å². The molecule has 0 aromatic heterocycles. The Morgan fingerprint density at radius 1 is 1.05 bits per heavy atom. The highest BCUT2D eigenvalue weighted by Gasteiger charge is 2.27. The molecule has 0 saturated carbocycles. The van der Waals surface area contributed by atoms with E-state index in [-0.39, 0.29) is 5.92 Å². The Bertz CT molecular complexity index is 694. The minimum atomic E-state index is -0.397. The van der Waals surface area contributed by atoms with Crippen LogP contribution in [0, 0.1) is 5.92 Å². The first kappa shape index (κ1) is 14.7. The van der Waals surface area contributed by atoms with Gasteiger partial charge in [-0.05, 0) is 30.2 Å². The number of hydrogen-bond acceptors (Lipinski definition) is 4. The van der Waals surface area contributed by atoms with Crippen molar-refractivity contribution in [3.63, 3.8) is 0 Å². The third kappa shape index (κ3) is 2.62. The molecule has 3 rings (SSSR count). The van der Waals surface area contributed by atoms with E-state index in [9.17, 15) is 4.79 Å². The van der Waals surface area contributed by atoms with Crippen LogP contribution >= 0.6 is 11.8 Å². The Morgan fingerprint density at radius 3 is 2.05 bits per heavy atom. The van der Waals surface area contributed by atoms with Gasteiger partial charge in [-0.2, -0.15) is 5.06 Å². The molecule has 0 unspecified atom stereocenters. The van der Waals surface area contributed by atoms with E-state index in [1.54, 1.807) is 16.8 Å². The third-order valence-corrected chi connectivity index (χ3v) is 4.65. The molecule has 0 fully saturated rings. The van der Waals surface area contributed by atoms with E-state index in [4.69, 9.17) is 4.84 Å². The topological polar surface area (TPSA) is 29.5 Å². The van der Waals surface area contributed by atoms with Crippen LogP contribution in [0.5, 0.6) is 0 Å². The van der Waals surface area contributed by atoms with Crippen LogP contribution in [0.4, 0.5) is 11.4 Å². The van der Waals surface area contributed by atoms with Gasteiger partial charge in [0.05, 0.1) is 11.4 Å².